The topological polar surface area (TPSA) is 35.2 Å². The number of methoxy groups -OCH3 is 2. The molecule has 0 atom stereocenters. The van der Waals surface area contributed by atoms with Crippen LogP contribution in [0.15, 0.2) is 12.3 Å². The van der Waals surface area contributed by atoms with Crippen LogP contribution in [0.1, 0.15) is 0 Å². The fraction of sp³-hybridized carbons (Fsp3) is 0.429. The van der Waals surface area contributed by atoms with Crippen molar-refractivity contribution >= 4 is 0 Å². The molecule has 0 aliphatic carbocycles. The Morgan fingerprint density at radius 3 is 2.64 bits per heavy atom. The molecule has 4 heteroatoms. The molecule has 4 nitrogen and oxygen atoms in total. The summed E-state index contributed by atoms with van der Waals surface area (Å²) in [6, 6.07) is 2.30. The lowest BCUT2D eigenvalue weighted by Crippen LogP contribution is -2.30. The summed E-state index contributed by atoms with van der Waals surface area (Å²) >= 11 is 0. The van der Waals surface area contributed by atoms with Crippen LogP contribution in [0.25, 0.3) is 0 Å². The average Bonchev–Trinajstić information content (AvgIpc) is 2.05. The molecule has 0 saturated heterocycles. The molecule has 60 valence electrons. The number of rotatable bonds is 2. The molecule has 0 amide bonds. The minimum Gasteiger partial charge on any atom is -0.463 e. The van der Waals surface area contributed by atoms with Crippen LogP contribution in [0, 0.1) is 0 Å². The van der Waals surface area contributed by atoms with E-state index >= 15 is 0 Å². The Morgan fingerprint density at radius 1 is 1.36 bits per heavy atom. The normalized spacial score (nSPS) is 9.36. The third-order valence-electron chi connectivity index (χ3n) is 1.34. The molecule has 0 aromatic carbocycles. The van der Waals surface area contributed by atoms with Gasteiger partial charge in [0.2, 0.25) is 0 Å². The number of aromatic nitrogens is 2. The van der Waals surface area contributed by atoms with E-state index in [0.717, 1.165) is 0 Å². The van der Waals surface area contributed by atoms with Crippen LogP contribution in [-0.4, -0.2) is 19.2 Å². The quantitative estimate of drug-likeness (QED) is 0.560. The molecule has 0 radical (unpaired) electrons. The zero-order valence-electron chi connectivity index (χ0n) is 6.87. The first-order valence-electron chi connectivity index (χ1n) is 3.22. The molecule has 0 N–H and O–H groups in total. The Hall–Kier alpha value is -1.32. The highest BCUT2D eigenvalue weighted by molar-refractivity contribution is 5.06. The van der Waals surface area contributed by atoms with Crippen LogP contribution in [-0.2, 0) is 7.05 Å². The summed E-state index contributed by atoms with van der Waals surface area (Å²) < 4.78 is 11.6. The summed E-state index contributed by atoms with van der Waals surface area (Å²) in [5, 5.41) is 0. The van der Waals surface area contributed by atoms with Crippen molar-refractivity contribution in [3.8, 4) is 11.9 Å². The van der Waals surface area contributed by atoms with Gasteiger partial charge in [-0.2, -0.15) is 4.57 Å². The highest BCUT2D eigenvalue weighted by Crippen LogP contribution is 2.05. The Labute approximate surface area is 65.4 Å². The monoisotopic (exact) mass is 155 g/mol. The summed E-state index contributed by atoms with van der Waals surface area (Å²) in [6.07, 6.45) is 1.82. The lowest BCUT2D eigenvalue weighted by atomic mass is 10.6. The third-order valence-corrected chi connectivity index (χ3v) is 1.34. The number of hydrogen-bond acceptors (Lipinski definition) is 3. The Kier molecular flexibility index (Phi) is 2.25. The SMILES string of the molecule is COc1cc[n+](C)c(OC)n1. The van der Waals surface area contributed by atoms with Gasteiger partial charge in [0.05, 0.1) is 27.3 Å². The van der Waals surface area contributed by atoms with Gasteiger partial charge in [-0.15, -0.1) is 0 Å². The highest BCUT2D eigenvalue weighted by Gasteiger charge is 2.11. The van der Waals surface area contributed by atoms with E-state index < -0.39 is 0 Å². The van der Waals surface area contributed by atoms with Crippen LogP contribution in [0.4, 0.5) is 0 Å². The number of aryl methyl sites for hydroxylation is 1. The van der Waals surface area contributed by atoms with Gasteiger partial charge in [-0.05, 0) is 0 Å². The van der Waals surface area contributed by atoms with E-state index in [1.54, 1.807) is 24.9 Å². The molecule has 1 heterocycles. The first-order valence-corrected chi connectivity index (χ1v) is 3.22. The van der Waals surface area contributed by atoms with E-state index in [1.165, 1.54) is 0 Å². The largest absolute Gasteiger partial charge is 0.501 e. The molecule has 0 unspecified atom stereocenters. The second kappa shape index (κ2) is 3.18. The van der Waals surface area contributed by atoms with Crippen molar-refractivity contribution in [3.05, 3.63) is 12.3 Å². The van der Waals surface area contributed by atoms with Gasteiger partial charge in [0.25, 0.3) is 0 Å². The minimum atomic E-state index is 0.532. The summed E-state index contributed by atoms with van der Waals surface area (Å²) in [5.74, 6) is 0.556. The molecule has 0 aliphatic rings. The standard InChI is InChI=1S/C7H11N2O2/c1-9-5-4-6(10-2)8-7(9)11-3/h4-5H,1-3H3/q+1. The zero-order valence-corrected chi connectivity index (χ0v) is 6.87. The fourth-order valence-electron chi connectivity index (χ4n) is 0.753. The Bertz CT molecular complexity index is 250. The van der Waals surface area contributed by atoms with Gasteiger partial charge < -0.3 is 9.47 Å². The van der Waals surface area contributed by atoms with Gasteiger partial charge >= 0.3 is 11.9 Å². The molecule has 11 heavy (non-hydrogen) atoms. The van der Waals surface area contributed by atoms with Crippen molar-refractivity contribution < 1.29 is 14.0 Å². The van der Waals surface area contributed by atoms with Crippen molar-refractivity contribution in [2.24, 2.45) is 7.05 Å². The smallest absolute Gasteiger partial charge is 0.463 e. The van der Waals surface area contributed by atoms with Crippen molar-refractivity contribution in [2.75, 3.05) is 14.2 Å². The van der Waals surface area contributed by atoms with Crippen LogP contribution in [0.5, 0.6) is 11.9 Å². The van der Waals surface area contributed by atoms with Gasteiger partial charge in [0.1, 0.15) is 6.20 Å². The lowest BCUT2D eigenvalue weighted by Gasteiger charge is -1.96. The second-order valence-electron chi connectivity index (χ2n) is 2.07. The molecular formula is C7H11N2O2+. The first kappa shape index (κ1) is 7.78. The van der Waals surface area contributed by atoms with Crippen molar-refractivity contribution in [3.63, 3.8) is 0 Å². The maximum atomic E-state index is 4.96. The van der Waals surface area contributed by atoms with Crippen LogP contribution in [0.2, 0.25) is 0 Å². The average molecular weight is 155 g/mol. The minimum absolute atomic E-state index is 0.532. The first-order chi connectivity index (χ1) is 5.27. The molecule has 1 rings (SSSR count). The van der Waals surface area contributed by atoms with Gasteiger partial charge in [-0.25, -0.2) is 0 Å². The molecular weight excluding hydrogens is 144 g/mol. The van der Waals surface area contributed by atoms with E-state index in [2.05, 4.69) is 4.98 Å². The Balaban J connectivity index is 3.02. The van der Waals surface area contributed by atoms with Crippen LogP contribution < -0.4 is 14.0 Å². The second-order valence-corrected chi connectivity index (χ2v) is 2.07. The molecule has 0 fully saturated rings. The van der Waals surface area contributed by atoms with Crippen molar-refractivity contribution in [1.29, 1.82) is 0 Å². The number of ether oxygens (including phenoxy) is 2. The third kappa shape index (κ3) is 1.58. The maximum Gasteiger partial charge on any atom is 0.501 e. The van der Waals surface area contributed by atoms with E-state index in [9.17, 15) is 0 Å². The summed E-state index contributed by atoms with van der Waals surface area (Å²) in [6.45, 7) is 0. The Morgan fingerprint density at radius 2 is 2.09 bits per heavy atom. The molecule has 0 bridgehead atoms. The number of nitrogens with zero attached hydrogens (tertiary/aromatic N) is 2. The zero-order chi connectivity index (χ0) is 8.27. The molecule has 1 aromatic heterocycles. The highest BCUT2D eigenvalue weighted by atomic mass is 16.5. The predicted molar refractivity (Wildman–Crippen MR) is 38.5 cm³/mol. The molecule has 1 aromatic rings. The van der Waals surface area contributed by atoms with E-state index in [0.29, 0.717) is 11.9 Å². The predicted octanol–water partition coefficient (Wildman–Crippen LogP) is -0.0767. The molecule has 0 spiro atoms. The maximum absolute atomic E-state index is 4.96. The van der Waals surface area contributed by atoms with Gasteiger partial charge in [-0.3, -0.25) is 0 Å². The van der Waals surface area contributed by atoms with Gasteiger partial charge in [0, 0.05) is 4.98 Å². The molecule has 0 aliphatic heterocycles. The van der Waals surface area contributed by atoms with Gasteiger partial charge in [0.15, 0.2) is 0 Å². The van der Waals surface area contributed by atoms with Crippen molar-refractivity contribution in [2.45, 2.75) is 0 Å². The summed E-state index contributed by atoms with van der Waals surface area (Å²) in [5.41, 5.74) is 0. The van der Waals surface area contributed by atoms with Gasteiger partial charge in [-0.1, -0.05) is 0 Å². The summed E-state index contributed by atoms with van der Waals surface area (Å²) in [4.78, 5) is 4.03. The molecule has 0 saturated carbocycles. The lowest BCUT2D eigenvalue weighted by molar-refractivity contribution is -0.679. The fourth-order valence-corrected chi connectivity index (χ4v) is 0.753. The van der Waals surface area contributed by atoms with E-state index in [-0.39, 0.29) is 0 Å². The van der Waals surface area contributed by atoms with E-state index in [1.807, 2.05) is 13.2 Å². The van der Waals surface area contributed by atoms with E-state index in [4.69, 9.17) is 9.47 Å². The van der Waals surface area contributed by atoms with Crippen molar-refractivity contribution in [1.82, 2.24) is 4.98 Å². The summed E-state index contributed by atoms with van der Waals surface area (Å²) in [7, 11) is 4.99. The number of hydrogen-bond donors (Lipinski definition) is 0. The van der Waals surface area contributed by atoms with Crippen LogP contribution >= 0.6 is 0 Å². The van der Waals surface area contributed by atoms with Crippen LogP contribution in [0.3, 0.4) is 0 Å².